The minimum absolute atomic E-state index is 0.0113. The van der Waals surface area contributed by atoms with Crippen molar-refractivity contribution in [1.82, 2.24) is 9.97 Å². The van der Waals surface area contributed by atoms with Crippen LogP contribution < -0.4 is 5.32 Å². The number of ketones is 1. The summed E-state index contributed by atoms with van der Waals surface area (Å²) in [4.78, 5) is 40.9. The first-order valence-corrected chi connectivity index (χ1v) is 24.3. The zero-order valence-electron chi connectivity index (χ0n) is 39.4. The van der Waals surface area contributed by atoms with E-state index in [0.717, 1.165) is 87.4 Å². The number of carbonyl (C=O) groups excluding carboxylic acids is 2. The molecule has 0 spiro atoms. The number of halogens is 1. The minimum atomic E-state index is -0.453. The highest BCUT2D eigenvalue weighted by Crippen LogP contribution is 2.47. The minimum Gasteiger partial charge on any atom is -0.506 e. The molecule has 1 aliphatic rings. The van der Waals surface area contributed by atoms with E-state index in [1.54, 1.807) is 18.3 Å². The largest absolute Gasteiger partial charge is 0.506 e. The second-order valence-electron chi connectivity index (χ2n) is 18.5. The van der Waals surface area contributed by atoms with Crippen LogP contribution in [0.25, 0.3) is 93.1 Å². The van der Waals surface area contributed by atoms with Crippen LogP contribution in [0.5, 0.6) is 11.5 Å². The fraction of sp³-hybridized carbons (Fsp3) is 0.0484. The Morgan fingerprint density at radius 1 is 0.671 bits per heavy atom. The number of nitrogens with zero attached hydrogens (tertiary/aromatic N) is 3. The van der Waals surface area contributed by atoms with Crippen LogP contribution in [0.2, 0.25) is 5.02 Å². The molecule has 5 N–H and O–H groups in total. The average Bonchev–Trinajstić information content (AvgIpc) is 3.97. The third-order valence-corrected chi connectivity index (χ3v) is 14.6. The number of aromatic hydroxyl groups is 2. The Morgan fingerprint density at radius 3 is 2.21 bits per heavy atom. The molecule has 73 heavy (non-hydrogen) atoms. The lowest BCUT2D eigenvalue weighted by Crippen LogP contribution is -2.14. The molecule has 0 radical (unpaired) electrons. The normalized spacial score (nSPS) is 12.5. The average molecular weight is 970 g/mol. The van der Waals surface area contributed by atoms with E-state index >= 15 is 0 Å². The molecular weight excluding hydrogens is 928 g/mol. The zero-order valence-corrected chi connectivity index (χ0v) is 40.1. The summed E-state index contributed by atoms with van der Waals surface area (Å²) in [5, 5.41) is 45.1. The van der Waals surface area contributed by atoms with Gasteiger partial charge >= 0.3 is 0 Å². The van der Waals surface area contributed by atoms with Crippen LogP contribution in [0.4, 0.5) is 22.7 Å². The van der Waals surface area contributed by atoms with Gasteiger partial charge in [0.05, 0.1) is 28.0 Å². The van der Waals surface area contributed by atoms with Gasteiger partial charge in [0, 0.05) is 87.7 Å². The number of rotatable bonds is 8. The first-order chi connectivity index (χ1) is 35.6. The molecule has 0 saturated carbocycles. The lowest BCUT2D eigenvalue weighted by Gasteiger charge is -2.21. The Balaban J connectivity index is 0.911. The SMILES string of the molecule is C=Cc1ccc2[nH]c3c(ccc4cc(C(=O)Nc5ccccc5CC)c(O)c(/C=N/c5ccc6c7c(cccc57)C(=O)c5cc(N=Nc7c(O)c(C)cc8ccc9c%10cc(Cl)ccc%10[nH]c9c78)ccc5-6)c43)c2c1. The van der Waals surface area contributed by atoms with Gasteiger partial charge in [-0.05, 0) is 119 Å². The number of nitrogens with one attached hydrogen (secondary N) is 3. The van der Waals surface area contributed by atoms with E-state index in [2.05, 4.69) is 38.2 Å². The highest BCUT2D eigenvalue weighted by molar-refractivity contribution is 6.32. The number of azo groups is 1. The summed E-state index contributed by atoms with van der Waals surface area (Å²) in [7, 11) is 0. The lowest BCUT2D eigenvalue weighted by molar-refractivity contribution is 0.102. The molecule has 1 aliphatic carbocycles. The lowest BCUT2D eigenvalue weighted by atomic mass is 9.82. The van der Waals surface area contributed by atoms with Gasteiger partial charge in [-0.1, -0.05) is 110 Å². The van der Waals surface area contributed by atoms with E-state index in [0.29, 0.717) is 67.2 Å². The van der Waals surface area contributed by atoms with E-state index in [4.69, 9.17) is 16.6 Å². The number of aromatic amines is 2. The van der Waals surface area contributed by atoms with Gasteiger partial charge in [0.15, 0.2) is 5.78 Å². The van der Waals surface area contributed by atoms with E-state index < -0.39 is 5.91 Å². The number of aryl methyl sites for hydroxylation is 2. The van der Waals surface area contributed by atoms with Crippen molar-refractivity contribution in [1.29, 1.82) is 0 Å². The first kappa shape index (κ1) is 43.6. The van der Waals surface area contributed by atoms with Gasteiger partial charge in [0.25, 0.3) is 5.91 Å². The molecule has 350 valence electrons. The number of anilines is 1. The molecule has 11 heteroatoms. The number of phenolic OH excluding ortho intramolecular Hbond substituents is 2. The Bertz CT molecular complexity index is 4520. The summed E-state index contributed by atoms with van der Waals surface area (Å²) >= 11 is 6.39. The molecule has 0 saturated heterocycles. The summed E-state index contributed by atoms with van der Waals surface area (Å²) in [5.41, 5.74) is 11.0. The predicted octanol–water partition coefficient (Wildman–Crippen LogP) is 16.6. The smallest absolute Gasteiger partial charge is 0.259 e. The molecule has 13 rings (SSSR count). The number of para-hydroxylation sites is 1. The second kappa shape index (κ2) is 16.6. The van der Waals surface area contributed by atoms with E-state index in [-0.39, 0.29) is 22.8 Å². The molecule has 0 aliphatic heterocycles. The Morgan fingerprint density at radius 2 is 1.41 bits per heavy atom. The molecular formula is C62H41ClN6O4. The first-order valence-electron chi connectivity index (χ1n) is 23.9. The molecule has 0 fully saturated rings. The van der Waals surface area contributed by atoms with Crippen LogP contribution in [0.15, 0.2) is 167 Å². The highest BCUT2D eigenvalue weighted by atomic mass is 35.5. The number of H-pyrrole nitrogens is 2. The van der Waals surface area contributed by atoms with Gasteiger partial charge in [-0.15, -0.1) is 5.11 Å². The number of aromatic nitrogens is 2. The number of benzene rings is 10. The van der Waals surface area contributed by atoms with Gasteiger partial charge in [-0.2, -0.15) is 5.11 Å². The quantitative estimate of drug-likeness (QED) is 0.0759. The van der Waals surface area contributed by atoms with Crippen molar-refractivity contribution in [3.63, 3.8) is 0 Å². The Hall–Kier alpha value is -9.38. The molecule has 0 unspecified atom stereocenters. The van der Waals surface area contributed by atoms with Gasteiger partial charge in [0.2, 0.25) is 0 Å². The van der Waals surface area contributed by atoms with Crippen LogP contribution in [0.1, 0.15) is 55.5 Å². The molecule has 2 heterocycles. The number of amides is 1. The van der Waals surface area contributed by atoms with Crippen molar-refractivity contribution in [3.05, 3.63) is 196 Å². The summed E-state index contributed by atoms with van der Waals surface area (Å²) in [5.74, 6) is -0.841. The van der Waals surface area contributed by atoms with Crippen molar-refractivity contribution >= 4 is 134 Å². The van der Waals surface area contributed by atoms with Crippen molar-refractivity contribution in [2.75, 3.05) is 5.32 Å². The monoisotopic (exact) mass is 968 g/mol. The number of hydrogen-bond acceptors (Lipinski definition) is 7. The highest BCUT2D eigenvalue weighted by Gasteiger charge is 2.27. The van der Waals surface area contributed by atoms with Crippen LogP contribution in [0, 0.1) is 6.92 Å². The van der Waals surface area contributed by atoms with Crippen LogP contribution >= 0.6 is 11.6 Å². The molecule has 0 bridgehead atoms. The maximum absolute atomic E-state index is 14.6. The molecule has 0 atom stereocenters. The van der Waals surface area contributed by atoms with Crippen LogP contribution in [0.3, 0.4) is 0 Å². The summed E-state index contributed by atoms with van der Waals surface area (Å²) in [6.07, 6.45) is 4.14. The predicted molar refractivity (Wildman–Crippen MR) is 298 cm³/mol. The van der Waals surface area contributed by atoms with Crippen LogP contribution in [-0.4, -0.2) is 38.1 Å². The van der Waals surface area contributed by atoms with Crippen molar-refractivity contribution < 1.29 is 19.8 Å². The molecule has 10 nitrogen and oxygen atoms in total. The summed E-state index contributed by atoms with van der Waals surface area (Å²) in [6.45, 7) is 7.82. The second-order valence-corrected chi connectivity index (χ2v) is 19.0. The van der Waals surface area contributed by atoms with E-state index in [9.17, 15) is 19.8 Å². The van der Waals surface area contributed by atoms with Gasteiger partial charge < -0.3 is 25.5 Å². The maximum atomic E-state index is 14.6. The van der Waals surface area contributed by atoms with Gasteiger partial charge in [0.1, 0.15) is 17.2 Å². The molecule has 2 aromatic heterocycles. The van der Waals surface area contributed by atoms with Crippen molar-refractivity contribution in [3.8, 4) is 22.6 Å². The summed E-state index contributed by atoms with van der Waals surface area (Å²) in [6, 6.07) is 46.0. The van der Waals surface area contributed by atoms with Crippen molar-refractivity contribution in [2.45, 2.75) is 20.3 Å². The Kier molecular flexibility index (Phi) is 9.93. The molecule has 1 amide bonds. The Labute approximate surface area is 421 Å². The van der Waals surface area contributed by atoms with Gasteiger partial charge in [-0.25, -0.2) is 0 Å². The number of aliphatic imine (C=N–C) groups is 1. The summed E-state index contributed by atoms with van der Waals surface area (Å²) < 4.78 is 0. The van der Waals surface area contributed by atoms with Crippen LogP contribution in [-0.2, 0) is 6.42 Å². The fourth-order valence-electron chi connectivity index (χ4n) is 10.8. The number of fused-ring (bicyclic) bond motifs is 12. The molecule has 12 aromatic rings. The molecule has 10 aromatic carbocycles. The van der Waals surface area contributed by atoms with E-state index in [1.807, 2.05) is 147 Å². The van der Waals surface area contributed by atoms with Gasteiger partial charge in [-0.3, -0.25) is 14.6 Å². The number of hydrogen-bond donors (Lipinski definition) is 5. The standard InChI is InChI=1S/C62H41ClN6O4/c1-4-32-13-22-51-44(26-32)40-19-15-35-27-47(62(73)67-49-12-7-6-9-33(49)5-2)61(72)48(53(35)56(40)65-51)30-64-50-24-21-39-38-20-17-37(29-46(38)60(71)43-11-8-10-42(50)55(39)43)68-69-58-54-34(25-31(3)59(58)70)14-18-41-45-28-36(63)16-23-52(45)66-57(41)54/h4,6-30,65-66,70,72H,1,5H2,2-3H3,(H,67,73)/b64-30+,69-68?. The number of carbonyl (C=O) groups is 2. The number of phenols is 2. The van der Waals surface area contributed by atoms with E-state index in [1.165, 1.54) is 0 Å². The third-order valence-electron chi connectivity index (χ3n) is 14.4. The fourth-order valence-corrected chi connectivity index (χ4v) is 11.0. The maximum Gasteiger partial charge on any atom is 0.259 e. The third kappa shape index (κ3) is 6.83. The zero-order chi connectivity index (χ0) is 49.8. The van der Waals surface area contributed by atoms with Crippen molar-refractivity contribution in [2.24, 2.45) is 15.2 Å². The topological polar surface area (TPSA) is 155 Å².